The first-order valence-corrected chi connectivity index (χ1v) is 8.49. The van der Waals surface area contributed by atoms with Gasteiger partial charge in [-0.1, -0.05) is 6.92 Å². The molecule has 114 valence electrons. The van der Waals surface area contributed by atoms with Gasteiger partial charge in [-0.2, -0.15) is 0 Å². The Balaban J connectivity index is 1.80. The monoisotopic (exact) mass is 297 g/mol. The average Bonchev–Trinajstić information content (AvgIpc) is 2.84. The van der Waals surface area contributed by atoms with Crippen molar-refractivity contribution in [1.82, 2.24) is 15.2 Å². The molecule has 0 amide bonds. The molecule has 1 fully saturated rings. The molecular weight excluding hydrogens is 270 g/mol. The Hall–Kier alpha value is -0.490. The number of nitrogens with one attached hydrogen (secondary N) is 1. The highest BCUT2D eigenvalue weighted by Crippen LogP contribution is 2.19. The fraction of sp³-hybridized carbons (Fsp3) is 0.800. The number of morpholine rings is 1. The van der Waals surface area contributed by atoms with Crippen LogP contribution in [0.25, 0.3) is 0 Å². The molecule has 2 heterocycles. The fourth-order valence-electron chi connectivity index (χ4n) is 2.25. The van der Waals surface area contributed by atoms with Gasteiger partial charge in [-0.05, 0) is 20.3 Å². The predicted molar refractivity (Wildman–Crippen MR) is 84.4 cm³/mol. The van der Waals surface area contributed by atoms with Crippen LogP contribution in [0.1, 0.15) is 35.8 Å². The summed E-state index contributed by atoms with van der Waals surface area (Å²) < 4.78 is 5.38. The SMILES string of the molecule is CCC(C)NCc1sc(CCN2CCOCC2)nc1C. The molecule has 1 aliphatic rings. The molecule has 1 aromatic rings. The second-order valence-electron chi connectivity index (χ2n) is 5.51. The summed E-state index contributed by atoms with van der Waals surface area (Å²) in [5, 5.41) is 4.82. The number of nitrogens with zero attached hydrogens (tertiary/aromatic N) is 2. The molecule has 20 heavy (non-hydrogen) atoms. The molecule has 0 saturated carbocycles. The largest absolute Gasteiger partial charge is 0.379 e. The van der Waals surface area contributed by atoms with Gasteiger partial charge in [0.25, 0.3) is 0 Å². The van der Waals surface area contributed by atoms with Crippen LogP contribution in [-0.2, 0) is 17.7 Å². The maximum atomic E-state index is 5.38. The van der Waals surface area contributed by atoms with Crippen LogP contribution in [0.3, 0.4) is 0 Å². The zero-order valence-corrected chi connectivity index (χ0v) is 13.8. The fourth-order valence-corrected chi connectivity index (χ4v) is 3.26. The molecule has 0 bridgehead atoms. The van der Waals surface area contributed by atoms with Gasteiger partial charge in [0.2, 0.25) is 0 Å². The standard InChI is InChI=1S/C15H27N3OS/c1-4-12(2)16-11-14-13(3)17-15(20-14)5-6-18-7-9-19-10-8-18/h12,16H,4-11H2,1-3H3. The molecule has 1 atom stereocenters. The molecule has 1 saturated heterocycles. The summed E-state index contributed by atoms with van der Waals surface area (Å²) in [5.74, 6) is 0. The van der Waals surface area contributed by atoms with Crippen molar-refractivity contribution in [3.63, 3.8) is 0 Å². The van der Waals surface area contributed by atoms with Crippen LogP contribution in [0.15, 0.2) is 0 Å². The van der Waals surface area contributed by atoms with E-state index < -0.39 is 0 Å². The van der Waals surface area contributed by atoms with Gasteiger partial charge in [0.15, 0.2) is 0 Å². The third-order valence-electron chi connectivity index (χ3n) is 3.91. The molecule has 0 radical (unpaired) electrons. The molecule has 4 nitrogen and oxygen atoms in total. The molecule has 0 aromatic carbocycles. The Morgan fingerprint density at radius 3 is 2.85 bits per heavy atom. The van der Waals surface area contributed by atoms with Gasteiger partial charge >= 0.3 is 0 Å². The minimum absolute atomic E-state index is 0.577. The first-order valence-electron chi connectivity index (χ1n) is 7.67. The van der Waals surface area contributed by atoms with Crippen LogP contribution < -0.4 is 5.32 Å². The normalized spacial score (nSPS) is 18.4. The lowest BCUT2D eigenvalue weighted by Crippen LogP contribution is -2.37. The van der Waals surface area contributed by atoms with E-state index in [1.165, 1.54) is 22.0 Å². The van der Waals surface area contributed by atoms with Crippen LogP contribution in [0.4, 0.5) is 0 Å². The molecule has 1 N–H and O–H groups in total. The molecule has 1 unspecified atom stereocenters. The number of rotatable bonds is 7. The van der Waals surface area contributed by atoms with E-state index in [0.717, 1.165) is 45.8 Å². The highest BCUT2D eigenvalue weighted by atomic mass is 32.1. The average molecular weight is 297 g/mol. The maximum absolute atomic E-state index is 5.38. The van der Waals surface area contributed by atoms with Gasteiger partial charge in [0.05, 0.1) is 23.9 Å². The van der Waals surface area contributed by atoms with Crippen molar-refractivity contribution in [2.75, 3.05) is 32.8 Å². The zero-order valence-electron chi connectivity index (χ0n) is 12.9. The van der Waals surface area contributed by atoms with E-state index in [-0.39, 0.29) is 0 Å². The topological polar surface area (TPSA) is 37.4 Å². The van der Waals surface area contributed by atoms with Crippen LogP contribution in [0, 0.1) is 6.92 Å². The highest BCUT2D eigenvalue weighted by Gasteiger charge is 2.13. The van der Waals surface area contributed by atoms with Crippen molar-refractivity contribution in [3.05, 3.63) is 15.6 Å². The third kappa shape index (κ3) is 4.81. The van der Waals surface area contributed by atoms with Gasteiger partial charge in [-0.15, -0.1) is 11.3 Å². The van der Waals surface area contributed by atoms with Crippen molar-refractivity contribution in [1.29, 1.82) is 0 Å². The Morgan fingerprint density at radius 2 is 2.15 bits per heavy atom. The van der Waals surface area contributed by atoms with Crippen LogP contribution in [-0.4, -0.2) is 48.8 Å². The molecule has 1 aliphatic heterocycles. The first kappa shape index (κ1) is 15.9. The molecule has 2 rings (SSSR count). The van der Waals surface area contributed by atoms with Crippen LogP contribution >= 0.6 is 11.3 Å². The van der Waals surface area contributed by atoms with E-state index >= 15 is 0 Å². The summed E-state index contributed by atoms with van der Waals surface area (Å²) in [5.41, 5.74) is 1.20. The Labute approximate surface area is 126 Å². The van der Waals surface area contributed by atoms with Crippen molar-refractivity contribution in [2.24, 2.45) is 0 Å². The van der Waals surface area contributed by atoms with E-state index in [2.05, 4.69) is 31.0 Å². The lowest BCUT2D eigenvalue weighted by molar-refractivity contribution is 0.0384. The smallest absolute Gasteiger partial charge is 0.0944 e. The summed E-state index contributed by atoms with van der Waals surface area (Å²) in [4.78, 5) is 8.58. The van der Waals surface area contributed by atoms with Gasteiger partial charge in [0, 0.05) is 43.5 Å². The van der Waals surface area contributed by atoms with E-state index in [9.17, 15) is 0 Å². The number of thiazole rings is 1. The van der Waals surface area contributed by atoms with Gasteiger partial charge < -0.3 is 10.1 Å². The van der Waals surface area contributed by atoms with E-state index in [0.29, 0.717) is 6.04 Å². The van der Waals surface area contributed by atoms with Crippen molar-refractivity contribution in [2.45, 2.75) is 46.2 Å². The van der Waals surface area contributed by atoms with Gasteiger partial charge in [0.1, 0.15) is 0 Å². The maximum Gasteiger partial charge on any atom is 0.0944 e. The second kappa shape index (κ2) is 8.08. The first-order chi connectivity index (χ1) is 9.69. The summed E-state index contributed by atoms with van der Waals surface area (Å²) in [6.45, 7) is 12.5. The quantitative estimate of drug-likeness (QED) is 0.837. The minimum Gasteiger partial charge on any atom is -0.379 e. The van der Waals surface area contributed by atoms with Crippen molar-refractivity contribution < 1.29 is 4.74 Å². The van der Waals surface area contributed by atoms with Crippen molar-refractivity contribution >= 4 is 11.3 Å². The molecule has 0 aliphatic carbocycles. The van der Waals surface area contributed by atoms with E-state index in [4.69, 9.17) is 9.72 Å². The summed E-state index contributed by atoms with van der Waals surface area (Å²) in [6, 6.07) is 0.577. The summed E-state index contributed by atoms with van der Waals surface area (Å²) >= 11 is 1.87. The minimum atomic E-state index is 0.577. The number of hydrogen-bond acceptors (Lipinski definition) is 5. The second-order valence-corrected chi connectivity index (χ2v) is 6.68. The third-order valence-corrected chi connectivity index (χ3v) is 5.12. The Kier molecular flexibility index (Phi) is 6.42. The predicted octanol–water partition coefficient (Wildman–Crippen LogP) is 2.21. The summed E-state index contributed by atoms with van der Waals surface area (Å²) in [6.07, 6.45) is 2.23. The number of hydrogen-bond donors (Lipinski definition) is 1. The van der Waals surface area contributed by atoms with E-state index in [1.54, 1.807) is 0 Å². The number of aromatic nitrogens is 1. The molecule has 0 spiro atoms. The highest BCUT2D eigenvalue weighted by molar-refractivity contribution is 7.11. The van der Waals surface area contributed by atoms with Crippen LogP contribution in [0.2, 0.25) is 0 Å². The molecular formula is C15H27N3OS. The van der Waals surface area contributed by atoms with Gasteiger partial charge in [-0.25, -0.2) is 4.98 Å². The zero-order chi connectivity index (χ0) is 14.4. The van der Waals surface area contributed by atoms with Gasteiger partial charge in [-0.3, -0.25) is 4.90 Å². The number of aryl methyl sites for hydroxylation is 1. The Morgan fingerprint density at radius 1 is 1.40 bits per heavy atom. The lowest BCUT2D eigenvalue weighted by Gasteiger charge is -2.25. The van der Waals surface area contributed by atoms with Crippen molar-refractivity contribution in [3.8, 4) is 0 Å². The number of ether oxygens (including phenoxy) is 1. The van der Waals surface area contributed by atoms with Crippen LogP contribution in [0.5, 0.6) is 0 Å². The van der Waals surface area contributed by atoms with E-state index in [1.807, 2.05) is 11.3 Å². The molecule has 5 heteroatoms. The summed E-state index contributed by atoms with van der Waals surface area (Å²) in [7, 11) is 0. The lowest BCUT2D eigenvalue weighted by atomic mass is 10.2. The Bertz CT molecular complexity index is 402. The molecule has 1 aromatic heterocycles.